The van der Waals surface area contributed by atoms with Gasteiger partial charge in [0, 0.05) is 23.9 Å². The number of aryl methyl sites for hydroxylation is 1. The lowest BCUT2D eigenvalue weighted by molar-refractivity contribution is -0.153. The number of anilines is 1. The number of H-pyrrole nitrogens is 1. The van der Waals surface area contributed by atoms with Gasteiger partial charge in [-0.05, 0) is 50.5 Å². The van der Waals surface area contributed by atoms with Gasteiger partial charge in [-0.3, -0.25) is 14.4 Å². The first-order chi connectivity index (χ1) is 13.8. The van der Waals surface area contributed by atoms with Gasteiger partial charge in [0.2, 0.25) is 0 Å². The second-order valence-electron chi connectivity index (χ2n) is 6.52. The summed E-state index contributed by atoms with van der Waals surface area (Å²) in [5, 5.41) is 11.8. The van der Waals surface area contributed by atoms with Gasteiger partial charge in [0.1, 0.15) is 17.4 Å². The van der Waals surface area contributed by atoms with E-state index >= 15 is 0 Å². The van der Waals surface area contributed by atoms with Crippen LogP contribution in [0.3, 0.4) is 0 Å². The molecule has 8 nitrogen and oxygen atoms in total. The number of pyridine rings is 1. The molecule has 1 aromatic heterocycles. The second kappa shape index (κ2) is 9.55. The van der Waals surface area contributed by atoms with E-state index < -0.39 is 23.5 Å². The number of nitrogens with zero attached hydrogens (tertiary/aromatic N) is 1. The van der Waals surface area contributed by atoms with Crippen LogP contribution in [0.4, 0.5) is 5.69 Å². The zero-order valence-corrected chi connectivity index (χ0v) is 16.8. The average Bonchev–Trinajstić information content (AvgIpc) is 2.67. The Morgan fingerprint density at radius 3 is 2.69 bits per heavy atom. The van der Waals surface area contributed by atoms with E-state index in [1.54, 1.807) is 38.1 Å². The highest BCUT2D eigenvalue weighted by molar-refractivity contribution is 5.95. The van der Waals surface area contributed by atoms with Gasteiger partial charge in [0.25, 0.3) is 11.5 Å². The van der Waals surface area contributed by atoms with E-state index in [-0.39, 0.29) is 18.4 Å². The van der Waals surface area contributed by atoms with Crippen LogP contribution in [0, 0.1) is 25.2 Å². The molecule has 8 heteroatoms. The van der Waals surface area contributed by atoms with Crippen LogP contribution in [0.15, 0.2) is 29.1 Å². The Hall–Kier alpha value is -3.60. The first kappa shape index (κ1) is 21.7. The maximum atomic E-state index is 12.2. The zero-order chi connectivity index (χ0) is 21.6. The first-order valence-electron chi connectivity index (χ1n) is 9.03. The number of hydrogen-bond acceptors (Lipinski definition) is 6. The van der Waals surface area contributed by atoms with Crippen molar-refractivity contribution in [1.29, 1.82) is 5.26 Å². The number of ether oxygens (including phenoxy) is 2. The lowest BCUT2D eigenvalue weighted by Gasteiger charge is -2.15. The minimum absolute atomic E-state index is 0.00930. The quantitative estimate of drug-likeness (QED) is 0.692. The van der Waals surface area contributed by atoms with Crippen LogP contribution in [-0.2, 0) is 20.7 Å². The Labute approximate surface area is 168 Å². The van der Waals surface area contributed by atoms with E-state index in [1.807, 2.05) is 6.07 Å². The summed E-state index contributed by atoms with van der Waals surface area (Å²) >= 11 is 0. The van der Waals surface area contributed by atoms with Crippen LogP contribution in [0.1, 0.15) is 35.7 Å². The van der Waals surface area contributed by atoms with Crippen molar-refractivity contribution in [3.63, 3.8) is 0 Å². The summed E-state index contributed by atoms with van der Waals surface area (Å²) in [5.74, 6) is -0.424. The third-order valence-corrected chi connectivity index (χ3v) is 4.51. The lowest BCUT2D eigenvalue weighted by Crippen LogP contribution is -2.30. The number of carbonyl (C=O) groups excluding carboxylic acids is 2. The highest BCUT2D eigenvalue weighted by atomic mass is 16.5. The highest BCUT2D eigenvalue weighted by Crippen LogP contribution is 2.18. The molecule has 29 heavy (non-hydrogen) atoms. The molecule has 0 fully saturated rings. The minimum atomic E-state index is -0.985. The molecule has 0 aliphatic heterocycles. The topological polar surface area (TPSA) is 121 Å². The molecular weight excluding hydrogens is 374 g/mol. The standard InChI is InChI=1S/C21H23N3O5/c1-12-17(13(2)23-21(27)18(12)11-22)8-9-19(25)29-14(3)20(26)24-15-6-5-7-16(10-15)28-4/h5-7,10,14H,8-9H2,1-4H3,(H,23,27)(H,24,26)/t14-/m0/s1. The number of hydrogen-bond donors (Lipinski definition) is 2. The Morgan fingerprint density at radius 2 is 2.03 bits per heavy atom. The summed E-state index contributed by atoms with van der Waals surface area (Å²) in [7, 11) is 1.52. The van der Waals surface area contributed by atoms with Gasteiger partial charge in [0.15, 0.2) is 6.10 Å². The van der Waals surface area contributed by atoms with Gasteiger partial charge in [-0.25, -0.2) is 0 Å². The predicted molar refractivity (Wildman–Crippen MR) is 107 cm³/mol. The molecule has 0 unspecified atom stereocenters. The molecule has 2 rings (SSSR count). The molecule has 0 aliphatic carbocycles. The van der Waals surface area contributed by atoms with Crippen molar-refractivity contribution in [2.45, 2.75) is 39.7 Å². The first-order valence-corrected chi connectivity index (χ1v) is 9.03. The van der Waals surface area contributed by atoms with Crippen LogP contribution in [0.25, 0.3) is 0 Å². The number of rotatable bonds is 7. The summed E-state index contributed by atoms with van der Waals surface area (Å²) in [6.07, 6.45) is -0.692. The van der Waals surface area contributed by atoms with Crippen molar-refractivity contribution < 1.29 is 19.1 Å². The van der Waals surface area contributed by atoms with E-state index in [0.717, 1.165) is 0 Å². The number of esters is 1. The van der Waals surface area contributed by atoms with Crippen molar-refractivity contribution in [2.75, 3.05) is 12.4 Å². The maximum absolute atomic E-state index is 12.2. The third kappa shape index (κ3) is 5.45. The predicted octanol–water partition coefficient (Wildman–Crippen LogP) is 2.38. The van der Waals surface area contributed by atoms with Gasteiger partial charge in [-0.2, -0.15) is 5.26 Å². The zero-order valence-electron chi connectivity index (χ0n) is 16.8. The molecule has 1 aromatic carbocycles. The molecule has 1 heterocycles. The molecule has 2 N–H and O–H groups in total. The molecule has 0 saturated carbocycles. The third-order valence-electron chi connectivity index (χ3n) is 4.51. The van der Waals surface area contributed by atoms with Crippen molar-refractivity contribution in [2.24, 2.45) is 0 Å². The van der Waals surface area contributed by atoms with E-state index in [2.05, 4.69) is 10.3 Å². The van der Waals surface area contributed by atoms with Gasteiger partial charge in [-0.15, -0.1) is 0 Å². The fraction of sp³-hybridized carbons (Fsp3) is 0.333. The summed E-state index contributed by atoms with van der Waals surface area (Å²) in [6.45, 7) is 4.86. The summed E-state index contributed by atoms with van der Waals surface area (Å²) < 4.78 is 10.3. The average molecular weight is 397 g/mol. The smallest absolute Gasteiger partial charge is 0.306 e. The van der Waals surface area contributed by atoms with Crippen LogP contribution in [-0.4, -0.2) is 30.1 Å². The van der Waals surface area contributed by atoms with E-state index in [9.17, 15) is 14.4 Å². The Kier molecular flexibility index (Phi) is 7.15. The van der Waals surface area contributed by atoms with E-state index in [4.69, 9.17) is 14.7 Å². The van der Waals surface area contributed by atoms with Gasteiger partial charge >= 0.3 is 5.97 Å². The molecule has 152 valence electrons. The molecule has 0 saturated heterocycles. The van der Waals surface area contributed by atoms with Crippen LogP contribution in [0.2, 0.25) is 0 Å². The number of amides is 1. The maximum Gasteiger partial charge on any atom is 0.306 e. The number of aromatic amines is 1. The normalized spacial score (nSPS) is 11.3. The van der Waals surface area contributed by atoms with E-state index in [1.165, 1.54) is 14.0 Å². The monoisotopic (exact) mass is 397 g/mol. The van der Waals surface area contributed by atoms with Crippen molar-refractivity contribution in [3.05, 3.63) is 57.0 Å². The SMILES string of the molecule is COc1cccc(NC(=O)[C@H](C)OC(=O)CCc2c(C)[nH]c(=O)c(C#N)c2C)c1. The van der Waals surface area contributed by atoms with Crippen molar-refractivity contribution >= 4 is 17.6 Å². The Morgan fingerprint density at radius 1 is 1.31 bits per heavy atom. The molecule has 2 aromatic rings. The number of methoxy groups -OCH3 is 1. The number of nitriles is 1. The minimum Gasteiger partial charge on any atom is -0.497 e. The van der Waals surface area contributed by atoms with Gasteiger partial charge in [-0.1, -0.05) is 6.07 Å². The molecule has 0 spiro atoms. The molecule has 0 bridgehead atoms. The highest BCUT2D eigenvalue weighted by Gasteiger charge is 2.19. The Balaban J connectivity index is 1.96. The number of benzene rings is 1. The largest absolute Gasteiger partial charge is 0.497 e. The molecular formula is C21H23N3O5. The fourth-order valence-electron chi connectivity index (χ4n) is 2.90. The summed E-state index contributed by atoms with van der Waals surface area (Å²) in [6, 6.07) is 8.71. The number of aromatic nitrogens is 1. The Bertz CT molecular complexity index is 1020. The lowest BCUT2D eigenvalue weighted by atomic mass is 9.99. The number of carbonyl (C=O) groups is 2. The van der Waals surface area contributed by atoms with Crippen LogP contribution < -0.4 is 15.6 Å². The second-order valence-corrected chi connectivity index (χ2v) is 6.52. The van der Waals surface area contributed by atoms with Crippen LogP contribution >= 0.6 is 0 Å². The molecule has 0 aliphatic rings. The van der Waals surface area contributed by atoms with Gasteiger partial charge < -0.3 is 19.8 Å². The van der Waals surface area contributed by atoms with E-state index in [0.29, 0.717) is 28.3 Å². The summed E-state index contributed by atoms with van der Waals surface area (Å²) in [5.41, 5.74) is 1.97. The molecule has 1 atom stereocenters. The molecule has 0 radical (unpaired) electrons. The van der Waals surface area contributed by atoms with Gasteiger partial charge in [0.05, 0.1) is 7.11 Å². The molecule has 1 amide bonds. The van der Waals surface area contributed by atoms with Crippen molar-refractivity contribution in [3.8, 4) is 11.8 Å². The van der Waals surface area contributed by atoms with Crippen molar-refractivity contribution in [1.82, 2.24) is 4.98 Å². The number of nitrogens with one attached hydrogen (secondary N) is 2. The van der Waals surface area contributed by atoms with Crippen LogP contribution in [0.5, 0.6) is 5.75 Å². The summed E-state index contributed by atoms with van der Waals surface area (Å²) in [4.78, 5) is 38.8. The fourth-order valence-corrected chi connectivity index (χ4v) is 2.90.